The van der Waals surface area contributed by atoms with E-state index >= 15 is 0 Å². The van der Waals surface area contributed by atoms with Gasteiger partial charge in [-0.15, -0.1) is 24.0 Å². The van der Waals surface area contributed by atoms with Crippen molar-refractivity contribution in [1.29, 1.82) is 0 Å². The fourth-order valence-corrected chi connectivity index (χ4v) is 3.49. The van der Waals surface area contributed by atoms with Crippen LogP contribution in [-0.2, 0) is 4.74 Å². The maximum Gasteiger partial charge on any atom is 0.410 e. The van der Waals surface area contributed by atoms with Gasteiger partial charge in [-0.3, -0.25) is 4.99 Å². The number of hydrogen-bond acceptors (Lipinski definition) is 5. The Balaban J connectivity index is 0.00000512. The predicted molar refractivity (Wildman–Crippen MR) is 142 cm³/mol. The van der Waals surface area contributed by atoms with Crippen LogP contribution in [0, 0.1) is 5.92 Å². The topological polar surface area (TPSA) is 82.1 Å². The molecule has 0 aliphatic carbocycles. The number of carbonyl (C=O) groups is 1. The molecule has 0 spiro atoms. The smallest absolute Gasteiger partial charge is 0.410 e. The Morgan fingerprint density at radius 2 is 2.03 bits per heavy atom. The molecular weight excluding hydrogens is 519 g/mol. The number of aliphatic imine (C=N–C) groups is 1. The number of hydrogen-bond donors (Lipinski definition) is 2. The Labute approximate surface area is 210 Å². The van der Waals surface area contributed by atoms with Gasteiger partial charge in [0.1, 0.15) is 11.4 Å². The number of rotatable bonds is 7. The van der Waals surface area contributed by atoms with Crippen LogP contribution >= 0.6 is 24.0 Å². The average molecular weight is 561 g/mol. The van der Waals surface area contributed by atoms with Crippen molar-refractivity contribution in [2.75, 3.05) is 44.7 Å². The van der Waals surface area contributed by atoms with Gasteiger partial charge in [0.2, 0.25) is 0 Å². The van der Waals surface area contributed by atoms with E-state index in [0.29, 0.717) is 19.1 Å². The number of ether oxygens (including phenoxy) is 1. The summed E-state index contributed by atoms with van der Waals surface area (Å²) in [6.45, 7) is 13.8. The van der Waals surface area contributed by atoms with E-state index in [2.05, 4.69) is 40.4 Å². The van der Waals surface area contributed by atoms with Crippen molar-refractivity contribution in [2.45, 2.75) is 59.1 Å². The molecule has 32 heavy (non-hydrogen) atoms. The highest BCUT2D eigenvalue weighted by Gasteiger charge is 2.22. The van der Waals surface area contributed by atoms with Crippen molar-refractivity contribution >= 4 is 41.8 Å². The largest absolute Gasteiger partial charge is 0.444 e. The molecular formula is C23H41IN6O2. The van der Waals surface area contributed by atoms with Gasteiger partial charge in [0.25, 0.3) is 0 Å². The van der Waals surface area contributed by atoms with E-state index in [4.69, 9.17) is 9.73 Å². The molecule has 1 unspecified atom stereocenters. The number of anilines is 1. The highest BCUT2D eigenvalue weighted by Crippen LogP contribution is 2.17. The minimum absolute atomic E-state index is 0. The first-order valence-electron chi connectivity index (χ1n) is 11.3. The maximum atomic E-state index is 12.2. The van der Waals surface area contributed by atoms with Crippen LogP contribution in [0.5, 0.6) is 0 Å². The van der Waals surface area contributed by atoms with Crippen molar-refractivity contribution in [3.05, 3.63) is 24.4 Å². The SMILES string of the molecule is CCNC(=NCC(C)CN(C)C(=O)OC(C)(C)C)NC1CCN(c2ccccn2)CC1.I. The Morgan fingerprint density at radius 3 is 2.59 bits per heavy atom. The first-order valence-corrected chi connectivity index (χ1v) is 11.3. The Hall–Kier alpha value is -1.78. The van der Waals surface area contributed by atoms with Gasteiger partial charge in [-0.05, 0) is 58.6 Å². The molecule has 1 saturated heterocycles. The van der Waals surface area contributed by atoms with E-state index in [0.717, 1.165) is 44.3 Å². The Kier molecular flexibility index (Phi) is 12.1. The van der Waals surface area contributed by atoms with Gasteiger partial charge in [-0.2, -0.15) is 0 Å². The zero-order valence-corrected chi connectivity index (χ0v) is 22.8. The average Bonchev–Trinajstić information content (AvgIpc) is 2.72. The third-order valence-corrected chi connectivity index (χ3v) is 5.01. The second-order valence-electron chi connectivity index (χ2n) is 9.28. The van der Waals surface area contributed by atoms with Gasteiger partial charge in [0, 0.05) is 52.0 Å². The number of pyridine rings is 1. The molecule has 0 bridgehead atoms. The summed E-state index contributed by atoms with van der Waals surface area (Å²) in [5.74, 6) is 2.11. The lowest BCUT2D eigenvalue weighted by Gasteiger charge is -2.33. The number of amides is 1. The minimum atomic E-state index is -0.485. The molecule has 1 atom stereocenters. The van der Waals surface area contributed by atoms with Crippen LogP contribution in [0.1, 0.15) is 47.5 Å². The molecule has 0 radical (unpaired) electrons. The fraction of sp³-hybridized carbons (Fsp3) is 0.696. The van der Waals surface area contributed by atoms with Gasteiger partial charge >= 0.3 is 6.09 Å². The van der Waals surface area contributed by atoms with Gasteiger partial charge in [0.15, 0.2) is 5.96 Å². The van der Waals surface area contributed by atoms with E-state index in [1.807, 2.05) is 39.1 Å². The highest BCUT2D eigenvalue weighted by molar-refractivity contribution is 14.0. The molecule has 1 aromatic rings. The van der Waals surface area contributed by atoms with Crippen molar-refractivity contribution in [1.82, 2.24) is 20.5 Å². The van der Waals surface area contributed by atoms with Crippen LogP contribution in [0.2, 0.25) is 0 Å². The molecule has 1 aliphatic rings. The molecule has 2 rings (SSSR count). The van der Waals surface area contributed by atoms with Crippen LogP contribution in [0.4, 0.5) is 10.6 Å². The van der Waals surface area contributed by atoms with Crippen LogP contribution in [-0.4, -0.2) is 73.4 Å². The third-order valence-electron chi connectivity index (χ3n) is 5.01. The van der Waals surface area contributed by atoms with Gasteiger partial charge in [0.05, 0.1) is 0 Å². The normalized spacial score (nSPS) is 16.1. The number of guanidine groups is 1. The lowest BCUT2D eigenvalue weighted by Crippen LogP contribution is -2.49. The molecule has 1 aliphatic heterocycles. The summed E-state index contributed by atoms with van der Waals surface area (Å²) in [6.07, 6.45) is 3.63. The van der Waals surface area contributed by atoms with E-state index in [1.165, 1.54) is 0 Å². The molecule has 1 amide bonds. The number of aromatic nitrogens is 1. The lowest BCUT2D eigenvalue weighted by molar-refractivity contribution is 0.0279. The Morgan fingerprint density at radius 1 is 1.34 bits per heavy atom. The molecule has 1 aromatic heterocycles. The standard InChI is InChI=1S/C23H40N6O2.HI/c1-7-24-21(26-16-18(2)17-28(6)22(30)31-23(3,4)5)27-19-11-14-29(15-12-19)20-10-8-9-13-25-20;/h8-10,13,18-19H,7,11-12,14-17H2,1-6H3,(H2,24,26,27);1H. The number of carbonyl (C=O) groups excluding carboxylic acids is 1. The van der Waals surface area contributed by atoms with E-state index in [9.17, 15) is 4.79 Å². The molecule has 0 saturated carbocycles. The zero-order valence-electron chi connectivity index (χ0n) is 20.4. The molecule has 8 nitrogen and oxygen atoms in total. The first kappa shape index (κ1) is 28.3. The summed E-state index contributed by atoms with van der Waals surface area (Å²) in [5.41, 5.74) is -0.485. The number of piperidine rings is 1. The van der Waals surface area contributed by atoms with Crippen LogP contribution in [0.15, 0.2) is 29.4 Å². The predicted octanol–water partition coefficient (Wildman–Crippen LogP) is 3.73. The first-order chi connectivity index (χ1) is 14.7. The van der Waals surface area contributed by atoms with Crippen molar-refractivity contribution < 1.29 is 9.53 Å². The highest BCUT2D eigenvalue weighted by atomic mass is 127. The van der Waals surface area contributed by atoms with Crippen molar-refractivity contribution in [3.8, 4) is 0 Å². The molecule has 182 valence electrons. The monoisotopic (exact) mass is 560 g/mol. The summed E-state index contributed by atoms with van der Waals surface area (Å²) in [5, 5.41) is 6.92. The molecule has 0 aromatic carbocycles. The molecule has 1 fully saturated rings. The molecule has 9 heteroatoms. The van der Waals surface area contributed by atoms with Gasteiger partial charge < -0.3 is 25.2 Å². The van der Waals surface area contributed by atoms with Crippen LogP contribution in [0.3, 0.4) is 0 Å². The quantitative estimate of drug-likeness (QED) is 0.301. The Bertz CT molecular complexity index is 702. The van der Waals surface area contributed by atoms with Gasteiger partial charge in [-0.1, -0.05) is 13.0 Å². The summed E-state index contributed by atoms with van der Waals surface area (Å²) in [6, 6.07) is 6.43. The number of nitrogens with one attached hydrogen (secondary N) is 2. The van der Waals surface area contributed by atoms with Crippen molar-refractivity contribution in [3.63, 3.8) is 0 Å². The number of halogens is 1. The van der Waals surface area contributed by atoms with Crippen molar-refractivity contribution in [2.24, 2.45) is 10.9 Å². The number of nitrogens with zero attached hydrogens (tertiary/aromatic N) is 4. The van der Waals surface area contributed by atoms with Crippen LogP contribution in [0.25, 0.3) is 0 Å². The lowest BCUT2D eigenvalue weighted by atomic mass is 10.1. The summed E-state index contributed by atoms with van der Waals surface area (Å²) in [7, 11) is 1.77. The third kappa shape index (κ3) is 10.2. The molecule has 2 N–H and O–H groups in total. The second kappa shape index (κ2) is 13.7. The fourth-order valence-electron chi connectivity index (χ4n) is 3.49. The summed E-state index contributed by atoms with van der Waals surface area (Å²) < 4.78 is 5.42. The van der Waals surface area contributed by atoms with E-state index in [1.54, 1.807) is 11.9 Å². The maximum absolute atomic E-state index is 12.2. The summed E-state index contributed by atoms with van der Waals surface area (Å²) in [4.78, 5) is 25.3. The second-order valence-corrected chi connectivity index (χ2v) is 9.28. The van der Waals surface area contributed by atoms with E-state index in [-0.39, 0.29) is 36.0 Å². The van der Waals surface area contributed by atoms with Gasteiger partial charge in [-0.25, -0.2) is 9.78 Å². The van der Waals surface area contributed by atoms with E-state index < -0.39 is 5.60 Å². The van der Waals surface area contributed by atoms with Crippen LogP contribution < -0.4 is 15.5 Å². The zero-order chi connectivity index (χ0) is 22.9. The minimum Gasteiger partial charge on any atom is -0.444 e. The summed E-state index contributed by atoms with van der Waals surface area (Å²) >= 11 is 0. The molecule has 2 heterocycles.